The molecule has 7 heteroatoms. The van der Waals surface area contributed by atoms with E-state index in [-0.39, 0.29) is 19.0 Å². The molecular formula is C20H18FNO5. The summed E-state index contributed by atoms with van der Waals surface area (Å²) in [7, 11) is 0. The summed E-state index contributed by atoms with van der Waals surface area (Å²) in [5, 5.41) is 3.78. The van der Waals surface area contributed by atoms with Crippen LogP contribution >= 0.6 is 0 Å². The van der Waals surface area contributed by atoms with Gasteiger partial charge in [-0.15, -0.1) is 0 Å². The maximum atomic E-state index is 13.7. The summed E-state index contributed by atoms with van der Waals surface area (Å²) in [6.07, 6.45) is 0. The summed E-state index contributed by atoms with van der Waals surface area (Å²) < 4.78 is 34.6. The fourth-order valence-electron chi connectivity index (χ4n) is 2.30. The van der Waals surface area contributed by atoms with Gasteiger partial charge in [0.15, 0.2) is 12.4 Å². The van der Waals surface area contributed by atoms with Gasteiger partial charge in [0.2, 0.25) is 0 Å². The van der Waals surface area contributed by atoms with Gasteiger partial charge in [-0.25, -0.2) is 9.18 Å². The zero-order valence-electron chi connectivity index (χ0n) is 14.7. The quantitative estimate of drug-likeness (QED) is 0.558. The Bertz CT molecular complexity index is 891. The van der Waals surface area contributed by atoms with Gasteiger partial charge < -0.3 is 18.7 Å². The van der Waals surface area contributed by atoms with Gasteiger partial charge in [-0.2, -0.15) is 0 Å². The Labute approximate surface area is 155 Å². The number of carbonyl (C=O) groups excluding carboxylic acids is 1. The molecule has 0 aliphatic carbocycles. The second kappa shape index (κ2) is 8.84. The predicted molar refractivity (Wildman–Crippen MR) is 94.8 cm³/mol. The van der Waals surface area contributed by atoms with E-state index in [4.69, 9.17) is 18.7 Å². The second-order valence-electron chi connectivity index (χ2n) is 5.52. The fourth-order valence-corrected chi connectivity index (χ4v) is 2.30. The lowest BCUT2D eigenvalue weighted by atomic mass is 10.1. The van der Waals surface area contributed by atoms with Crippen molar-refractivity contribution in [1.29, 1.82) is 0 Å². The first-order chi connectivity index (χ1) is 13.2. The number of aromatic nitrogens is 1. The molecule has 0 atom stereocenters. The van der Waals surface area contributed by atoms with Crippen molar-refractivity contribution in [2.24, 2.45) is 0 Å². The minimum Gasteiger partial charge on any atom is -0.494 e. The molecule has 1 heterocycles. The molecule has 0 saturated heterocycles. The van der Waals surface area contributed by atoms with Crippen LogP contribution in [-0.4, -0.2) is 24.3 Å². The summed E-state index contributed by atoms with van der Waals surface area (Å²) in [5.41, 5.74) is 0.670. The molecule has 6 nitrogen and oxygen atoms in total. The number of hydrogen-bond donors (Lipinski definition) is 0. The monoisotopic (exact) mass is 371 g/mol. The molecule has 0 bridgehead atoms. The van der Waals surface area contributed by atoms with Crippen LogP contribution in [0.25, 0.3) is 11.3 Å². The third-order valence-electron chi connectivity index (χ3n) is 3.57. The van der Waals surface area contributed by atoms with Crippen molar-refractivity contribution in [3.8, 4) is 22.8 Å². The Morgan fingerprint density at radius 2 is 1.78 bits per heavy atom. The Morgan fingerprint density at radius 3 is 2.48 bits per heavy atom. The molecule has 3 rings (SSSR count). The van der Waals surface area contributed by atoms with E-state index in [1.807, 2.05) is 6.92 Å². The maximum Gasteiger partial charge on any atom is 0.344 e. The van der Waals surface area contributed by atoms with Crippen molar-refractivity contribution in [3.63, 3.8) is 0 Å². The van der Waals surface area contributed by atoms with E-state index in [1.54, 1.807) is 42.5 Å². The Balaban J connectivity index is 1.47. The number of hydrogen-bond acceptors (Lipinski definition) is 6. The van der Waals surface area contributed by atoms with Crippen LogP contribution in [-0.2, 0) is 16.1 Å². The summed E-state index contributed by atoms with van der Waals surface area (Å²) >= 11 is 0. The molecule has 0 unspecified atom stereocenters. The number of nitrogens with zero attached hydrogens (tertiary/aromatic N) is 1. The van der Waals surface area contributed by atoms with Gasteiger partial charge in [-0.1, -0.05) is 17.3 Å². The molecule has 27 heavy (non-hydrogen) atoms. The highest BCUT2D eigenvalue weighted by Crippen LogP contribution is 2.23. The van der Waals surface area contributed by atoms with Crippen LogP contribution in [0.15, 0.2) is 59.1 Å². The minimum atomic E-state index is -0.556. The van der Waals surface area contributed by atoms with Gasteiger partial charge in [0, 0.05) is 6.07 Å². The lowest BCUT2D eigenvalue weighted by molar-refractivity contribution is -0.147. The lowest BCUT2D eigenvalue weighted by Gasteiger charge is -2.07. The summed E-state index contributed by atoms with van der Waals surface area (Å²) in [5.74, 6) is 0.549. The van der Waals surface area contributed by atoms with E-state index in [0.29, 0.717) is 23.6 Å². The van der Waals surface area contributed by atoms with Crippen molar-refractivity contribution in [2.75, 3.05) is 13.2 Å². The normalized spacial score (nSPS) is 10.4. The van der Waals surface area contributed by atoms with E-state index in [0.717, 1.165) is 5.75 Å². The fraction of sp³-hybridized carbons (Fsp3) is 0.200. The number of ether oxygens (including phenoxy) is 3. The standard InChI is InChI=1S/C20H18FNO5/c1-2-24-15-7-9-16(10-8-15)25-13-20(23)26-12-14-11-19(27-22-14)17-5-3-4-6-18(17)21/h3-11H,2,12-13H2,1H3. The Kier molecular flexibility index (Phi) is 6.04. The summed E-state index contributed by atoms with van der Waals surface area (Å²) in [6.45, 7) is 2.14. The largest absolute Gasteiger partial charge is 0.494 e. The Morgan fingerprint density at radius 1 is 1.07 bits per heavy atom. The topological polar surface area (TPSA) is 70.8 Å². The molecule has 0 saturated carbocycles. The number of benzene rings is 2. The van der Waals surface area contributed by atoms with Crippen molar-refractivity contribution in [3.05, 3.63) is 66.1 Å². The van der Waals surface area contributed by atoms with E-state index >= 15 is 0 Å². The highest BCUT2D eigenvalue weighted by atomic mass is 19.1. The third-order valence-corrected chi connectivity index (χ3v) is 3.57. The maximum absolute atomic E-state index is 13.7. The van der Waals surface area contributed by atoms with E-state index in [9.17, 15) is 9.18 Å². The van der Waals surface area contributed by atoms with Crippen LogP contribution in [0.2, 0.25) is 0 Å². The molecule has 0 N–H and O–H groups in total. The van der Waals surface area contributed by atoms with Crippen molar-refractivity contribution in [1.82, 2.24) is 5.16 Å². The molecule has 0 radical (unpaired) electrons. The van der Waals surface area contributed by atoms with E-state index < -0.39 is 11.8 Å². The smallest absolute Gasteiger partial charge is 0.344 e. The molecule has 0 aliphatic heterocycles. The molecule has 1 aromatic heterocycles. The van der Waals surface area contributed by atoms with Crippen LogP contribution in [0, 0.1) is 5.82 Å². The molecule has 2 aromatic carbocycles. The minimum absolute atomic E-state index is 0.0938. The number of rotatable bonds is 8. The van der Waals surface area contributed by atoms with Gasteiger partial charge in [0.25, 0.3) is 0 Å². The van der Waals surface area contributed by atoms with E-state index in [2.05, 4.69) is 5.16 Å². The number of carbonyl (C=O) groups is 1. The summed E-state index contributed by atoms with van der Waals surface area (Å²) in [6, 6.07) is 14.6. The molecule has 0 fully saturated rings. The van der Waals surface area contributed by atoms with Crippen LogP contribution < -0.4 is 9.47 Å². The predicted octanol–water partition coefficient (Wildman–Crippen LogP) is 4.00. The third kappa shape index (κ3) is 5.07. The molecule has 140 valence electrons. The van der Waals surface area contributed by atoms with Gasteiger partial charge in [0.05, 0.1) is 12.2 Å². The first-order valence-corrected chi connectivity index (χ1v) is 8.37. The zero-order valence-corrected chi connectivity index (χ0v) is 14.7. The molecule has 0 aliphatic rings. The van der Waals surface area contributed by atoms with Gasteiger partial charge in [-0.3, -0.25) is 0 Å². The van der Waals surface area contributed by atoms with Gasteiger partial charge >= 0.3 is 5.97 Å². The zero-order chi connectivity index (χ0) is 19.1. The number of halogens is 1. The summed E-state index contributed by atoms with van der Waals surface area (Å²) in [4.78, 5) is 11.8. The Hall–Kier alpha value is -3.35. The SMILES string of the molecule is CCOc1ccc(OCC(=O)OCc2cc(-c3ccccc3F)on2)cc1. The highest BCUT2D eigenvalue weighted by Gasteiger charge is 2.12. The second-order valence-corrected chi connectivity index (χ2v) is 5.52. The van der Waals surface area contributed by atoms with Crippen LogP contribution in [0.1, 0.15) is 12.6 Å². The van der Waals surface area contributed by atoms with Gasteiger partial charge in [-0.05, 0) is 43.3 Å². The highest BCUT2D eigenvalue weighted by molar-refractivity contribution is 5.71. The molecule has 0 spiro atoms. The molecule has 3 aromatic rings. The number of esters is 1. The first kappa shape index (κ1) is 18.4. The first-order valence-electron chi connectivity index (χ1n) is 8.37. The van der Waals surface area contributed by atoms with Crippen LogP contribution in [0.4, 0.5) is 4.39 Å². The van der Waals surface area contributed by atoms with Crippen molar-refractivity contribution >= 4 is 5.97 Å². The van der Waals surface area contributed by atoms with Crippen LogP contribution in [0.3, 0.4) is 0 Å². The van der Waals surface area contributed by atoms with Gasteiger partial charge in [0.1, 0.15) is 29.6 Å². The van der Waals surface area contributed by atoms with Crippen LogP contribution in [0.5, 0.6) is 11.5 Å². The average Bonchev–Trinajstić information content (AvgIpc) is 3.15. The van der Waals surface area contributed by atoms with Crippen molar-refractivity contribution < 1.29 is 27.9 Å². The van der Waals surface area contributed by atoms with E-state index in [1.165, 1.54) is 12.1 Å². The van der Waals surface area contributed by atoms with Crippen molar-refractivity contribution in [2.45, 2.75) is 13.5 Å². The molecular weight excluding hydrogens is 353 g/mol. The lowest BCUT2D eigenvalue weighted by Crippen LogP contribution is -2.14. The molecule has 0 amide bonds. The average molecular weight is 371 g/mol.